The number of nitrogens with zero attached hydrogens (tertiary/aromatic N) is 2. The molecular weight excluding hydrogens is 438 g/mol. The van der Waals surface area contributed by atoms with Gasteiger partial charge in [0.05, 0.1) is 10.6 Å². The van der Waals surface area contributed by atoms with Crippen LogP contribution in [0.2, 0.25) is 0 Å². The Hall–Kier alpha value is -2.12. The fraction of sp³-hybridized carbons (Fsp3) is 0.480. The molecule has 2 heterocycles. The number of carbonyl (C=O) groups is 1. The normalized spacial score (nSPS) is 17.4. The van der Waals surface area contributed by atoms with Crippen molar-refractivity contribution in [1.82, 2.24) is 14.9 Å². The summed E-state index contributed by atoms with van der Waals surface area (Å²) in [5.74, 6) is -0.0309. The van der Waals surface area contributed by atoms with E-state index in [1.807, 2.05) is 41.8 Å². The van der Waals surface area contributed by atoms with Crippen LogP contribution in [0.3, 0.4) is 0 Å². The molecule has 1 amide bonds. The molecule has 0 spiro atoms. The van der Waals surface area contributed by atoms with E-state index in [2.05, 4.69) is 5.32 Å². The second-order valence-corrected chi connectivity index (χ2v) is 11.3. The minimum Gasteiger partial charge on any atom is -0.351 e. The lowest BCUT2D eigenvalue weighted by molar-refractivity contribution is -0.120. The number of amides is 1. The third kappa shape index (κ3) is 4.25. The molecule has 1 fully saturated rings. The SMILES string of the molecule is CC(Sc1nc2sc3c(c2c(=O)n1C1CCCC1)CCCC3)C(=O)NCc1ccccc1. The van der Waals surface area contributed by atoms with Gasteiger partial charge in [-0.25, -0.2) is 4.98 Å². The quantitative estimate of drug-likeness (QED) is 0.397. The van der Waals surface area contributed by atoms with Crippen molar-refractivity contribution in [2.75, 3.05) is 0 Å². The molecule has 1 aromatic carbocycles. The van der Waals surface area contributed by atoms with Gasteiger partial charge in [-0.3, -0.25) is 14.2 Å². The van der Waals surface area contributed by atoms with Crippen molar-refractivity contribution in [1.29, 1.82) is 0 Å². The third-order valence-corrected chi connectivity index (χ3v) is 8.89. The highest BCUT2D eigenvalue weighted by Gasteiger charge is 2.28. The fourth-order valence-corrected chi connectivity index (χ4v) is 7.21. The zero-order valence-corrected chi connectivity index (χ0v) is 20.1. The topological polar surface area (TPSA) is 64.0 Å². The van der Waals surface area contributed by atoms with Gasteiger partial charge < -0.3 is 5.32 Å². The lowest BCUT2D eigenvalue weighted by atomic mass is 9.97. The average Bonchev–Trinajstić information content (AvgIpc) is 3.46. The van der Waals surface area contributed by atoms with Crippen molar-refractivity contribution in [3.63, 3.8) is 0 Å². The van der Waals surface area contributed by atoms with E-state index in [0.29, 0.717) is 11.7 Å². The van der Waals surface area contributed by atoms with E-state index in [-0.39, 0.29) is 22.8 Å². The molecule has 1 unspecified atom stereocenters. The molecule has 0 aliphatic heterocycles. The van der Waals surface area contributed by atoms with Crippen LogP contribution in [0.25, 0.3) is 10.2 Å². The summed E-state index contributed by atoms with van der Waals surface area (Å²) in [5.41, 5.74) is 2.43. The number of thioether (sulfide) groups is 1. The third-order valence-electron chi connectivity index (χ3n) is 6.64. The van der Waals surface area contributed by atoms with Gasteiger partial charge in [-0.15, -0.1) is 11.3 Å². The fourth-order valence-electron chi connectivity index (χ4n) is 4.91. The molecule has 5 rings (SSSR count). The minimum absolute atomic E-state index is 0.0309. The molecule has 32 heavy (non-hydrogen) atoms. The van der Waals surface area contributed by atoms with Gasteiger partial charge in [0, 0.05) is 17.5 Å². The number of thiophene rings is 1. The maximum atomic E-state index is 13.7. The number of hydrogen-bond donors (Lipinski definition) is 1. The average molecular weight is 468 g/mol. The standard InChI is InChI=1S/C25H29N3O2S2/c1-16(22(29)26-15-17-9-3-2-4-10-17)31-25-27-23-21(19-13-7-8-14-20(19)32-23)24(30)28(25)18-11-5-6-12-18/h2-4,9-10,16,18H,5-8,11-15H2,1H3,(H,26,29). The van der Waals surface area contributed by atoms with Gasteiger partial charge in [-0.05, 0) is 56.6 Å². The second kappa shape index (κ2) is 9.40. The van der Waals surface area contributed by atoms with Crippen LogP contribution in [0.15, 0.2) is 40.3 Å². The highest BCUT2D eigenvalue weighted by Crippen LogP contribution is 2.38. The van der Waals surface area contributed by atoms with Crippen molar-refractivity contribution in [3.8, 4) is 0 Å². The molecule has 1 atom stereocenters. The first-order chi connectivity index (χ1) is 15.6. The number of nitrogens with one attached hydrogen (secondary N) is 1. The molecule has 0 bridgehead atoms. The van der Waals surface area contributed by atoms with Crippen molar-refractivity contribution in [3.05, 3.63) is 56.7 Å². The van der Waals surface area contributed by atoms with Crippen molar-refractivity contribution in [2.24, 2.45) is 0 Å². The Morgan fingerprint density at radius 3 is 2.72 bits per heavy atom. The Kier molecular flexibility index (Phi) is 6.37. The van der Waals surface area contributed by atoms with E-state index < -0.39 is 0 Å². The minimum atomic E-state index is -0.328. The van der Waals surface area contributed by atoms with Gasteiger partial charge in [0.1, 0.15) is 4.83 Å². The monoisotopic (exact) mass is 467 g/mol. The second-order valence-electron chi connectivity index (χ2n) is 8.86. The van der Waals surface area contributed by atoms with Crippen LogP contribution in [-0.4, -0.2) is 20.7 Å². The summed E-state index contributed by atoms with van der Waals surface area (Å²) in [4.78, 5) is 33.7. The number of aryl methyl sites for hydroxylation is 2. The number of benzene rings is 1. The first-order valence-corrected chi connectivity index (χ1v) is 13.4. The smallest absolute Gasteiger partial charge is 0.263 e. The van der Waals surface area contributed by atoms with Gasteiger partial charge in [0.15, 0.2) is 5.16 Å². The van der Waals surface area contributed by atoms with Crippen LogP contribution in [0.1, 0.15) is 67.5 Å². The summed E-state index contributed by atoms with van der Waals surface area (Å²) in [7, 11) is 0. The van der Waals surface area contributed by atoms with Gasteiger partial charge in [-0.1, -0.05) is 54.9 Å². The molecular formula is C25H29N3O2S2. The van der Waals surface area contributed by atoms with Crippen LogP contribution < -0.4 is 10.9 Å². The number of aromatic nitrogens is 2. The van der Waals surface area contributed by atoms with Crippen molar-refractivity contribution < 1.29 is 4.79 Å². The summed E-state index contributed by atoms with van der Waals surface area (Å²) in [6.07, 6.45) is 8.71. The van der Waals surface area contributed by atoms with Crippen LogP contribution in [-0.2, 0) is 24.2 Å². The molecule has 2 aliphatic rings. The lowest BCUT2D eigenvalue weighted by Gasteiger charge is -2.20. The highest BCUT2D eigenvalue weighted by molar-refractivity contribution is 8.00. The molecule has 5 nitrogen and oxygen atoms in total. The van der Waals surface area contributed by atoms with Crippen LogP contribution in [0.4, 0.5) is 0 Å². The zero-order valence-electron chi connectivity index (χ0n) is 18.4. The number of rotatable bonds is 6. The summed E-state index contributed by atoms with van der Waals surface area (Å²) < 4.78 is 1.93. The summed E-state index contributed by atoms with van der Waals surface area (Å²) >= 11 is 3.11. The van der Waals surface area contributed by atoms with Crippen LogP contribution in [0, 0.1) is 0 Å². The maximum Gasteiger partial charge on any atom is 0.263 e. The van der Waals surface area contributed by atoms with E-state index in [0.717, 1.165) is 60.7 Å². The molecule has 7 heteroatoms. The largest absolute Gasteiger partial charge is 0.351 e. The first kappa shape index (κ1) is 21.7. The summed E-state index contributed by atoms with van der Waals surface area (Å²) in [6, 6.07) is 10.1. The van der Waals surface area contributed by atoms with Gasteiger partial charge >= 0.3 is 0 Å². The molecule has 0 saturated heterocycles. The molecule has 1 N–H and O–H groups in total. The first-order valence-electron chi connectivity index (χ1n) is 11.7. The number of fused-ring (bicyclic) bond motifs is 3. The molecule has 0 radical (unpaired) electrons. The predicted octanol–water partition coefficient (Wildman–Crippen LogP) is 5.25. The van der Waals surface area contributed by atoms with Crippen LogP contribution in [0.5, 0.6) is 0 Å². The molecule has 2 aromatic heterocycles. The van der Waals surface area contributed by atoms with E-state index in [1.165, 1.54) is 28.6 Å². The highest BCUT2D eigenvalue weighted by atomic mass is 32.2. The molecule has 1 saturated carbocycles. The Morgan fingerprint density at radius 1 is 1.19 bits per heavy atom. The summed E-state index contributed by atoms with van der Waals surface area (Å²) in [6.45, 7) is 2.41. The molecule has 3 aromatic rings. The Balaban J connectivity index is 1.45. The number of carbonyl (C=O) groups excluding carboxylic acids is 1. The van der Waals surface area contributed by atoms with E-state index >= 15 is 0 Å². The Morgan fingerprint density at radius 2 is 1.94 bits per heavy atom. The zero-order chi connectivity index (χ0) is 22.1. The van der Waals surface area contributed by atoms with Crippen molar-refractivity contribution in [2.45, 2.75) is 81.3 Å². The molecule has 2 aliphatic carbocycles. The Bertz CT molecular complexity index is 1180. The van der Waals surface area contributed by atoms with Gasteiger partial charge in [0.2, 0.25) is 5.91 Å². The maximum absolute atomic E-state index is 13.7. The summed E-state index contributed by atoms with van der Waals surface area (Å²) in [5, 5.41) is 4.25. The van der Waals surface area contributed by atoms with E-state index in [9.17, 15) is 9.59 Å². The lowest BCUT2D eigenvalue weighted by Crippen LogP contribution is -2.32. The van der Waals surface area contributed by atoms with E-state index in [4.69, 9.17) is 4.98 Å². The van der Waals surface area contributed by atoms with Gasteiger partial charge in [0.25, 0.3) is 5.56 Å². The Labute approximate surface area is 196 Å². The van der Waals surface area contributed by atoms with Crippen molar-refractivity contribution >= 4 is 39.2 Å². The van der Waals surface area contributed by atoms with Gasteiger partial charge in [-0.2, -0.15) is 0 Å². The van der Waals surface area contributed by atoms with Crippen LogP contribution >= 0.6 is 23.1 Å². The predicted molar refractivity (Wildman–Crippen MR) is 132 cm³/mol. The number of hydrogen-bond acceptors (Lipinski definition) is 5. The van der Waals surface area contributed by atoms with E-state index in [1.54, 1.807) is 11.3 Å². The molecule has 168 valence electrons.